The molecule has 0 bridgehead atoms. The van der Waals surface area contributed by atoms with Crippen LogP contribution >= 0.6 is 22.9 Å². The third kappa shape index (κ3) is 4.22. The molecule has 0 saturated heterocycles. The predicted molar refractivity (Wildman–Crippen MR) is 94.6 cm³/mol. The van der Waals surface area contributed by atoms with E-state index in [1.807, 2.05) is 6.07 Å². The van der Waals surface area contributed by atoms with Crippen LogP contribution in [0.5, 0.6) is 0 Å². The van der Waals surface area contributed by atoms with Gasteiger partial charge in [-0.1, -0.05) is 24.6 Å². The maximum absolute atomic E-state index is 6.17. The van der Waals surface area contributed by atoms with Gasteiger partial charge in [0.1, 0.15) is 0 Å². The van der Waals surface area contributed by atoms with Gasteiger partial charge in [-0.05, 0) is 55.1 Å². The standard InChI is InChI=1S/C17H23ClN2S/c1-4-9-19-12-14-11-15(18)7-8-16(14)20(3)13(2)17-6-5-10-21-17/h5-8,10-11,13,19H,4,9,12H2,1-3H3. The van der Waals surface area contributed by atoms with E-state index in [0.717, 1.165) is 24.5 Å². The van der Waals surface area contributed by atoms with Crippen molar-refractivity contribution in [1.29, 1.82) is 0 Å². The van der Waals surface area contributed by atoms with E-state index in [0.29, 0.717) is 6.04 Å². The molecule has 0 fully saturated rings. The zero-order valence-corrected chi connectivity index (χ0v) is 14.5. The summed E-state index contributed by atoms with van der Waals surface area (Å²) in [4.78, 5) is 3.70. The largest absolute Gasteiger partial charge is 0.367 e. The first-order chi connectivity index (χ1) is 10.1. The van der Waals surface area contributed by atoms with Crippen molar-refractivity contribution in [2.24, 2.45) is 0 Å². The lowest BCUT2D eigenvalue weighted by Crippen LogP contribution is -2.24. The predicted octanol–water partition coefficient (Wildman–Crippen LogP) is 5.10. The summed E-state index contributed by atoms with van der Waals surface area (Å²) in [6.45, 7) is 6.29. The van der Waals surface area contributed by atoms with Crippen molar-refractivity contribution in [2.45, 2.75) is 32.9 Å². The fourth-order valence-electron chi connectivity index (χ4n) is 2.37. The Balaban J connectivity index is 2.21. The molecule has 0 aliphatic rings. The number of nitrogens with one attached hydrogen (secondary N) is 1. The lowest BCUT2D eigenvalue weighted by Gasteiger charge is -2.28. The number of rotatable bonds is 7. The Kier molecular flexibility index (Phi) is 6.09. The Morgan fingerprint density at radius 2 is 2.14 bits per heavy atom. The maximum Gasteiger partial charge on any atom is 0.0603 e. The van der Waals surface area contributed by atoms with Crippen LogP contribution in [0, 0.1) is 0 Å². The molecule has 0 saturated carbocycles. The molecule has 0 spiro atoms. The topological polar surface area (TPSA) is 15.3 Å². The van der Waals surface area contributed by atoms with Crippen LogP contribution in [0.2, 0.25) is 5.02 Å². The Morgan fingerprint density at radius 1 is 1.33 bits per heavy atom. The van der Waals surface area contributed by atoms with Crippen molar-refractivity contribution in [1.82, 2.24) is 5.32 Å². The molecule has 114 valence electrons. The summed E-state index contributed by atoms with van der Waals surface area (Å²) in [7, 11) is 2.15. The van der Waals surface area contributed by atoms with Crippen molar-refractivity contribution >= 4 is 28.6 Å². The van der Waals surface area contributed by atoms with Crippen LogP contribution in [0.4, 0.5) is 5.69 Å². The number of thiophene rings is 1. The van der Waals surface area contributed by atoms with Gasteiger partial charge in [0, 0.05) is 29.2 Å². The normalized spacial score (nSPS) is 12.4. The molecule has 1 N–H and O–H groups in total. The van der Waals surface area contributed by atoms with Crippen LogP contribution in [0.15, 0.2) is 35.7 Å². The quantitative estimate of drug-likeness (QED) is 0.713. The van der Waals surface area contributed by atoms with Gasteiger partial charge in [0.15, 0.2) is 0 Å². The Hall–Kier alpha value is -1.03. The minimum Gasteiger partial charge on any atom is -0.367 e. The number of hydrogen-bond acceptors (Lipinski definition) is 3. The molecule has 4 heteroatoms. The second-order valence-electron chi connectivity index (χ2n) is 5.25. The smallest absolute Gasteiger partial charge is 0.0603 e. The van der Waals surface area contributed by atoms with E-state index in [-0.39, 0.29) is 0 Å². The van der Waals surface area contributed by atoms with Crippen LogP contribution in [0.3, 0.4) is 0 Å². The first kappa shape index (κ1) is 16.3. The molecule has 2 rings (SSSR count). The molecule has 2 aromatic rings. The molecule has 1 aromatic heterocycles. The molecule has 1 heterocycles. The van der Waals surface area contributed by atoms with E-state index in [1.165, 1.54) is 16.1 Å². The van der Waals surface area contributed by atoms with Gasteiger partial charge >= 0.3 is 0 Å². The van der Waals surface area contributed by atoms with Gasteiger partial charge in [0.25, 0.3) is 0 Å². The van der Waals surface area contributed by atoms with E-state index in [1.54, 1.807) is 11.3 Å². The van der Waals surface area contributed by atoms with E-state index >= 15 is 0 Å². The second-order valence-corrected chi connectivity index (χ2v) is 6.67. The molecule has 0 aliphatic heterocycles. The summed E-state index contributed by atoms with van der Waals surface area (Å²) >= 11 is 7.97. The van der Waals surface area contributed by atoms with Crippen molar-refractivity contribution in [3.63, 3.8) is 0 Å². The third-order valence-corrected chi connectivity index (χ3v) is 4.98. The van der Waals surface area contributed by atoms with Crippen LogP contribution in [0.1, 0.15) is 36.8 Å². The average Bonchev–Trinajstić information content (AvgIpc) is 3.00. The number of halogens is 1. The summed E-state index contributed by atoms with van der Waals surface area (Å²) in [5.74, 6) is 0. The minimum atomic E-state index is 0.358. The van der Waals surface area contributed by atoms with Crippen LogP contribution in [-0.2, 0) is 6.54 Å². The van der Waals surface area contributed by atoms with Gasteiger partial charge in [-0.2, -0.15) is 0 Å². The highest BCUT2D eigenvalue weighted by molar-refractivity contribution is 7.10. The molecule has 2 nitrogen and oxygen atoms in total. The van der Waals surface area contributed by atoms with E-state index in [4.69, 9.17) is 11.6 Å². The van der Waals surface area contributed by atoms with E-state index in [9.17, 15) is 0 Å². The molecule has 21 heavy (non-hydrogen) atoms. The molecule has 1 atom stereocenters. The lowest BCUT2D eigenvalue weighted by molar-refractivity contribution is 0.669. The molecule has 0 amide bonds. The maximum atomic E-state index is 6.17. The SMILES string of the molecule is CCCNCc1cc(Cl)ccc1N(C)C(C)c1cccs1. The fourth-order valence-corrected chi connectivity index (χ4v) is 3.39. The van der Waals surface area contributed by atoms with Gasteiger partial charge in [-0.3, -0.25) is 0 Å². The summed E-state index contributed by atoms with van der Waals surface area (Å²) < 4.78 is 0. The monoisotopic (exact) mass is 322 g/mol. The van der Waals surface area contributed by atoms with Crippen molar-refractivity contribution in [2.75, 3.05) is 18.5 Å². The zero-order valence-electron chi connectivity index (χ0n) is 12.9. The first-order valence-corrected chi connectivity index (χ1v) is 8.64. The number of hydrogen-bond donors (Lipinski definition) is 1. The van der Waals surface area contributed by atoms with Crippen LogP contribution in [0.25, 0.3) is 0 Å². The molecular weight excluding hydrogens is 300 g/mol. The third-order valence-electron chi connectivity index (χ3n) is 3.70. The highest BCUT2D eigenvalue weighted by atomic mass is 35.5. The Labute approximate surface area is 136 Å². The average molecular weight is 323 g/mol. The number of anilines is 1. The summed E-state index contributed by atoms with van der Waals surface area (Å²) in [5, 5.41) is 6.39. The van der Waals surface area contributed by atoms with E-state index in [2.05, 4.69) is 60.8 Å². The summed E-state index contributed by atoms with van der Waals surface area (Å²) in [5.41, 5.74) is 2.49. The molecule has 1 unspecified atom stereocenters. The first-order valence-electron chi connectivity index (χ1n) is 7.38. The van der Waals surface area contributed by atoms with Gasteiger partial charge in [-0.15, -0.1) is 11.3 Å². The fraction of sp³-hybridized carbons (Fsp3) is 0.412. The number of nitrogens with zero attached hydrogens (tertiary/aromatic N) is 1. The van der Waals surface area contributed by atoms with Gasteiger partial charge in [0.05, 0.1) is 6.04 Å². The number of benzene rings is 1. The highest BCUT2D eigenvalue weighted by Gasteiger charge is 2.16. The molecule has 1 aromatic carbocycles. The Morgan fingerprint density at radius 3 is 2.81 bits per heavy atom. The summed E-state index contributed by atoms with van der Waals surface area (Å²) in [6.07, 6.45) is 1.14. The van der Waals surface area contributed by atoms with Crippen LogP contribution in [-0.4, -0.2) is 13.6 Å². The van der Waals surface area contributed by atoms with Crippen molar-refractivity contribution in [3.05, 3.63) is 51.2 Å². The minimum absolute atomic E-state index is 0.358. The van der Waals surface area contributed by atoms with Gasteiger partial charge < -0.3 is 10.2 Å². The molecular formula is C17H23ClN2S. The van der Waals surface area contributed by atoms with E-state index < -0.39 is 0 Å². The summed E-state index contributed by atoms with van der Waals surface area (Å²) in [6, 6.07) is 10.8. The molecule has 0 radical (unpaired) electrons. The van der Waals surface area contributed by atoms with Gasteiger partial charge in [0.2, 0.25) is 0 Å². The van der Waals surface area contributed by atoms with Crippen molar-refractivity contribution < 1.29 is 0 Å². The Bertz CT molecular complexity index is 554. The second kappa shape index (κ2) is 7.83. The van der Waals surface area contributed by atoms with Gasteiger partial charge in [-0.25, -0.2) is 0 Å². The molecule has 0 aliphatic carbocycles. The highest BCUT2D eigenvalue weighted by Crippen LogP contribution is 2.31. The zero-order chi connectivity index (χ0) is 15.2. The van der Waals surface area contributed by atoms with Crippen LogP contribution < -0.4 is 10.2 Å². The lowest BCUT2D eigenvalue weighted by atomic mass is 10.1. The van der Waals surface area contributed by atoms with Crippen molar-refractivity contribution in [3.8, 4) is 0 Å².